The van der Waals surface area contributed by atoms with Gasteiger partial charge in [0.2, 0.25) is 0 Å². The van der Waals surface area contributed by atoms with Crippen LogP contribution in [0.1, 0.15) is 23.5 Å². The van der Waals surface area contributed by atoms with E-state index in [0.29, 0.717) is 12.0 Å². The molecule has 0 amide bonds. The second-order valence-corrected chi connectivity index (χ2v) is 5.88. The lowest BCUT2D eigenvalue weighted by molar-refractivity contribution is 0.132. The summed E-state index contributed by atoms with van der Waals surface area (Å²) in [5, 5.41) is 19.5. The molecule has 2 aromatic carbocycles. The Balaban J connectivity index is 1.94. The highest BCUT2D eigenvalue weighted by Crippen LogP contribution is 2.31. The van der Waals surface area contributed by atoms with Crippen molar-refractivity contribution in [1.29, 1.82) is 0 Å². The van der Waals surface area contributed by atoms with Crippen molar-refractivity contribution in [3.8, 4) is 11.1 Å². The van der Waals surface area contributed by atoms with Crippen LogP contribution in [0.5, 0.6) is 0 Å². The van der Waals surface area contributed by atoms with Crippen molar-refractivity contribution >= 4 is 0 Å². The Hall–Kier alpha value is -2.57. The molecule has 0 aliphatic carbocycles. The van der Waals surface area contributed by atoms with Gasteiger partial charge in [0, 0.05) is 17.7 Å². The van der Waals surface area contributed by atoms with Gasteiger partial charge < -0.3 is 5.11 Å². The maximum atomic E-state index is 13.7. The third-order valence-electron chi connectivity index (χ3n) is 4.28. The predicted octanol–water partition coefficient (Wildman–Crippen LogP) is 3.41. The molecule has 0 spiro atoms. The summed E-state index contributed by atoms with van der Waals surface area (Å²) < 4.78 is 26.9. The third kappa shape index (κ3) is 3.92. The first-order valence-electron chi connectivity index (χ1n) is 7.98. The molecule has 2 atom stereocenters. The highest BCUT2D eigenvalue weighted by atomic mass is 19.2. The molecule has 1 aromatic heterocycles. The molecule has 6 heteroatoms. The SMILES string of the molecule is CNC(O)CC(c1ccc(-c2cn[nH]c2)cc1)c1ccc(F)c(F)c1. The van der Waals surface area contributed by atoms with E-state index in [9.17, 15) is 13.9 Å². The molecule has 130 valence electrons. The first kappa shape index (κ1) is 17.3. The minimum atomic E-state index is -0.892. The first-order chi connectivity index (χ1) is 12.1. The van der Waals surface area contributed by atoms with E-state index < -0.39 is 17.9 Å². The van der Waals surface area contributed by atoms with E-state index in [1.165, 1.54) is 6.07 Å². The van der Waals surface area contributed by atoms with Crippen LogP contribution in [0.3, 0.4) is 0 Å². The second-order valence-electron chi connectivity index (χ2n) is 5.88. The molecule has 25 heavy (non-hydrogen) atoms. The van der Waals surface area contributed by atoms with Gasteiger partial charge in [0.25, 0.3) is 0 Å². The van der Waals surface area contributed by atoms with Gasteiger partial charge in [0.1, 0.15) is 6.23 Å². The van der Waals surface area contributed by atoms with E-state index in [-0.39, 0.29) is 5.92 Å². The number of aliphatic hydroxyl groups is 1. The third-order valence-corrected chi connectivity index (χ3v) is 4.28. The molecule has 1 heterocycles. The van der Waals surface area contributed by atoms with Crippen molar-refractivity contribution in [1.82, 2.24) is 15.5 Å². The summed E-state index contributed by atoms with van der Waals surface area (Å²) in [4.78, 5) is 0. The number of aliphatic hydroxyl groups excluding tert-OH is 1. The molecule has 4 nitrogen and oxygen atoms in total. The number of halogens is 2. The topological polar surface area (TPSA) is 60.9 Å². The first-order valence-corrected chi connectivity index (χ1v) is 7.98. The summed E-state index contributed by atoms with van der Waals surface area (Å²) in [6.07, 6.45) is 3.11. The molecule has 0 aliphatic heterocycles. The van der Waals surface area contributed by atoms with E-state index >= 15 is 0 Å². The fraction of sp³-hybridized carbons (Fsp3) is 0.211. The smallest absolute Gasteiger partial charge is 0.159 e. The summed E-state index contributed by atoms with van der Waals surface area (Å²) >= 11 is 0. The Labute approximate surface area is 144 Å². The average molecular weight is 343 g/mol. The number of aromatic amines is 1. The molecular formula is C19H19F2N3O. The van der Waals surface area contributed by atoms with Crippen molar-refractivity contribution in [2.75, 3.05) is 7.05 Å². The lowest BCUT2D eigenvalue weighted by atomic mass is 9.87. The van der Waals surface area contributed by atoms with E-state index in [2.05, 4.69) is 15.5 Å². The molecule has 0 bridgehead atoms. The number of rotatable bonds is 6. The van der Waals surface area contributed by atoms with Crippen molar-refractivity contribution in [3.05, 3.63) is 77.6 Å². The maximum absolute atomic E-state index is 13.7. The average Bonchev–Trinajstić information content (AvgIpc) is 3.17. The largest absolute Gasteiger partial charge is 0.379 e. The Bertz CT molecular complexity index is 819. The molecule has 3 aromatic rings. The number of hydrogen-bond donors (Lipinski definition) is 3. The molecule has 0 aliphatic rings. The zero-order valence-electron chi connectivity index (χ0n) is 13.7. The quantitative estimate of drug-likeness (QED) is 0.601. The standard InChI is InChI=1S/C19H19F2N3O/c1-22-19(25)9-16(14-6-7-17(20)18(21)8-14)13-4-2-12(3-5-13)15-10-23-24-11-15/h2-8,10-11,16,19,22,25H,9H2,1H3,(H,23,24). The highest BCUT2D eigenvalue weighted by molar-refractivity contribution is 5.62. The van der Waals surface area contributed by atoms with Crippen LogP contribution in [-0.4, -0.2) is 28.6 Å². The number of aromatic nitrogens is 2. The van der Waals surface area contributed by atoms with Gasteiger partial charge in [-0.25, -0.2) is 8.78 Å². The number of H-pyrrole nitrogens is 1. The van der Waals surface area contributed by atoms with Crippen LogP contribution in [0.4, 0.5) is 8.78 Å². The Morgan fingerprint density at radius 1 is 1.04 bits per heavy atom. The summed E-state index contributed by atoms with van der Waals surface area (Å²) in [6.45, 7) is 0. The van der Waals surface area contributed by atoms with Crippen molar-refractivity contribution in [2.45, 2.75) is 18.6 Å². The van der Waals surface area contributed by atoms with E-state index in [0.717, 1.165) is 22.8 Å². The number of nitrogens with one attached hydrogen (secondary N) is 2. The van der Waals surface area contributed by atoms with Gasteiger partial charge in [-0.3, -0.25) is 10.4 Å². The van der Waals surface area contributed by atoms with Gasteiger partial charge in [-0.15, -0.1) is 0 Å². The summed E-state index contributed by atoms with van der Waals surface area (Å²) in [6, 6.07) is 11.6. The minimum absolute atomic E-state index is 0.268. The van der Waals surface area contributed by atoms with Gasteiger partial charge in [-0.1, -0.05) is 30.3 Å². The van der Waals surface area contributed by atoms with Gasteiger partial charge in [-0.05, 0) is 42.3 Å². The molecule has 0 saturated carbocycles. The summed E-state index contributed by atoms with van der Waals surface area (Å²) in [5.41, 5.74) is 3.48. The van der Waals surface area contributed by atoms with Crippen LogP contribution in [0.2, 0.25) is 0 Å². The zero-order valence-corrected chi connectivity index (χ0v) is 13.7. The van der Waals surface area contributed by atoms with Crippen molar-refractivity contribution in [2.24, 2.45) is 0 Å². The van der Waals surface area contributed by atoms with Crippen LogP contribution in [0.25, 0.3) is 11.1 Å². The van der Waals surface area contributed by atoms with Crippen molar-refractivity contribution in [3.63, 3.8) is 0 Å². The predicted molar refractivity (Wildman–Crippen MR) is 91.9 cm³/mol. The Morgan fingerprint density at radius 3 is 2.36 bits per heavy atom. The van der Waals surface area contributed by atoms with Crippen molar-refractivity contribution < 1.29 is 13.9 Å². The fourth-order valence-corrected chi connectivity index (χ4v) is 2.85. The van der Waals surface area contributed by atoms with Gasteiger partial charge in [-0.2, -0.15) is 5.10 Å². The van der Waals surface area contributed by atoms with Crippen LogP contribution in [-0.2, 0) is 0 Å². The molecule has 3 rings (SSSR count). The monoisotopic (exact) mass is 343 g/mol. The van der Waals surface area contributed by atoms with Crippen LogP contribution >= 0.6 is 0 Å². The lowest BCUT2D eigenvalue weighted by Gasteiger charge is -2.21. The normalized spacial score (nSPS) is 13.6. The van der Waals surface area contributed by atoms with E-state index in [1.54, 1.807) is 25.5 Å². The maximum Gasteiger partial charge on any atom is 0.159 e. The molecule has 0 saturated heterocycles. The molecule has 0 radical (unpaired) electrons. The fourth-order valence-electron chi connectivity index (χ4n) is 2.85. The Morgan fingerprint density at radius 2 is 1.76 bits per heavy atom. The number of hydrogen-bond acceptors (Lipinski definition) is 3. The van der Waals surface area contributed by atoms with E-state index in [4.69, 9.17) is 0 Å². The van der Waals surface area contributed by atoms with E-state index in [1.807, 2.05) is 24.3 Å². The van der Waals surface area contributed by atoms with Crippen LogP contribution in [0, 0.1) is 11.6 Å². The number of benzene rings is 2. The molecule has 0 fully saturated rings. The molecule has 2 unspecified atom stereocenters. The van der Waals surface area contributed by atoms with Crippen LogP contribution in [0.15, 0.2) is 54.9 Å². The molecular weight excluding hydrogens is 324 g/mol. The van der Waals surface area contributed by atoms with Crippen LogP contribution < -0.4 is 5.32 Å². The minimum Gasteiger partial charge on any atom is -0.379 e. The summed E-state index contributed by atoms with van der Waals surface area (Å²) in [5.74, 6) is -2.04. The van der Waals surface area contributed by atoms with Gasteiger partial charge in [0.15, 0.2) is 11.6 Å². The zero-order chi connectivity index (χ0) is 17.8. The highest BCUT2D eigenvalue weighted by Gasteiger charge is 2.19. The lowest BCUT2D eigenvalue weighted by Crippen LogP contribution is -2.27. The Kier molecular flexibility index (Phi) is 5.21. The van der Waals surface area contributed by atoms with Gasteiger partial charge >= 0.3 is 0 Å². The number of nitrogens with zero attached hydrogens (tertiary/aromatic N) is 1. The second kappa shape index (κ2) is 7.55. The molecule has 3 N–H and O–H groups in total. The summed E-state index contributed by atoms with van der Waals surface area (Å²) in [7, 11) is 1.65. The van der Waals surface area contributed by atoms with Gasteiger partial charge in [0.05, 0.1) is 6.20 Å².